The van der Waals surface area contributed by atoms with Gasteiger partial charge in [0.15, 0.2) is 5.57 Å². The van der Waals surface area contributed by atoms with Gasteiger partial charge in [0.25, 0.3) is 5.91 Å². The van der Waals surface area contributed by atoms with E-state index in [2.05, 4.69) is 10.7 Å². The number of nitriles is 1. The molecular formula is C16H16N4O4. The zero-order valence-corrected chi connectivity index (χ0v) is 13.2. The second kappa shape index (κ2) is 6.83. The molecular weight excluding hydrogens is 312 g/mol. The van der Waals surface area contributed by atoms with Crippen molar-refractivity contribution < 1.29 is 19.1 Å². The van der Waals surface area contributed by atoms with E-state index in [4.69, 9.17) is 10.00 Å². The van der Waals surface area contributed by atoms with Crippen molar-refractivity contribution in [3.05, 3.63) is 47.7 Å². The minimum Gasteiger partial charge on any atom is -0.462 e. The van der Waals surface area contributed by atoms with Gasteiger partial charge in [0.05, 0.1) is 6.61 Å². The molecule has 2 N–H and O–H groups in total. The fourth-order valence-electron chi connectivity index (χ4n) is 2.20. The summed E-state index contributed by atoms with van der Waals surface area (Å²) in [6.45, 7) is 3.28. The molecule has 124 valence electrons. The van der Waals surface area contributed by atoms with Gasteiger partial charge in [-0.05, 0) is 19.4 Å². The summed E-state index contributed by atoms with van der Waals surface area (Å²) in [6.07, 6.45) is 0.964. The van der Waals surface area contributed by atoms with Gasteiger partial charge in [-0.2, -0.15) is 10.3 Å². The quantitative estimate of drug-likeness (QED) is 0.360. The van der Waals surface area contributed by atoms with Crippen LogP contribution in [0.25, 0.3) is 0 Å². The Morgan fingerprint density at radius 1 is 1.42 bits per heavy atom. The van der Waals surface area contributed by atoms with Crippen LogP contribution in [0.5, 0.6) is 0 Å². The van der Waals surface area contributed by atoms with Crippen molar-refractivity contribution in [1.29, 1.82) is 5.26 Å². The molecule has 0 radical (unpaired) electrons. The third-order valence-corrected chi connectivity index (χ3v) is 3.50. The SMILES string of the molecule is CCOC(=O)/C(C#N)=C/NN1C(=O)N[C@](C)(c2ccccc2)C1=O. The first-order valence-corrected chi connectivity index (χ1v) is 7.19. The number of carbonyl (C=O) groups is 3. The highest BCUT2D eigenvalue weighted by Crippen LogP contribution is 2.27. The van der Waals surface area contributed by atoms with Crippen molar-refractivity contribution in [3.63, 3.8) is 0 Å². The largest absolute Gasteiger partial charge is 0.462 e. The van der Waals surface area contributed by atoms with E-state index in [-0.39, 0.29) is 12.2 Å². The molecule has 1 aromatic carbocycles. The van der Waals surface area contributed by atoms with Crippen LogP contribution >= 0.6 is 0 Å². The monoisotopic (exact) mass is 328 g/mol. The number of rotatable bonds is 5. The summed E-state index contributed by atoms with van der Waals surface area (Å²) >= 11 is 0. The number of benzene rings is 1. The molecule has 1 heterocycles. The molecule has 1 fully saturated rings. The zero-order valence-electron chi connectivity index (χ0n) is 13.2. The Balaban J connectivity index is 2.21. The van der Waals surface area contributed by atoms with Crippen LogP contribution in [0.15, 0.2) is 42.1 Å². The number of urea groups is 1. The van der Waals surface area contributed by atoms with Crippen LogP contribution in [0.3, 0.4) is 0 Å². The third-order valence-electron chi connectivity index (χ3n) is 3.50. The standard InChI is InChI=1S/C16H16N4O4/c1-3-24-13(21)11(9-17)10-18-20-14(22)16(2,19-15(20)23)12-7-5-4-6-8-12/h4-8,10,18H,3H2,1-2H3,(H,19,23)/b11-10+/t16-/m1/s1. The van der Waals surface area contributed by atoms with Crippen LogP contribution in [0.1, 0.15) is 19.4 Å². The zero-order chi connectivity index (χ0) is 17.7. The van der Waals surface area contributed by atoms with E-state index in [9.17, 15) is 14.4 Å². The highest BCUT2D eigenvalue weighted by Gasteiger charge is 2.49. The molecule has 1 saturated heterocycles. The van der Waals surface area contributed by atoms with E-state index >= 15 is 0 Å². The Hall–Kier alpha value is -3.34. The van der Waals surface area contributed by atoms with Gasteiger partial charge in [-0.3, -0.25) is 10.2 Å². The first-order valence-electron chi connectivity index (χ1n) is 7.19. The highest BCUT2D eigenvalue weighted by atomic mass is 16.5. The molecule has 3 amide bonds. The number of hydrogen-bond donors (Lipinski definition) is 2. The molecule has 1 aliphatic heterocycles. The lowest BCUT2D eigenvalue weighted by Gasteiger charge is -2.21. The maximum absolute atomic E-state index is 12.6. The van der Waals surface area contributed by atoms with Crippen LogP contribution in [-0.2, 0) is 19.9 Å². The van der Waals surface area contributed by atoms with Gasteiger partial charge >= 0.3 is 12.0 Å². The average molecular weight is 328 g/mol. The van der Waals surface area contributed by atoms with Gasteiger partial charge < -0.3 is 10.1 Å². The fraction of sp³-hybridized carbons (Fsp3) is 0.250. The van der Waals surface area contributed by atoms with E-state index in [1.807, 2.05) is 0 Å². The Kier molecular flexibility index (Phi) is 4.84. The molecule has 8 nitrogen and oxygen atoms in total. The van der Waals surface area contributed by atoms with Gasteiger partial charge in [0.2, 0.25) is 0 Å². The number of esters is 1. The molecule has 0 saturated carbocycles. The summed E-state index contributed by atoms with van der Waals surface area (Å²) < 4.78 is 4.70. The van der Waals surface area contributed by atoms with Crippen LogP contribution in [0.4, 0.5) is 4.79 Å². The molecule has 0 unspecified atom stereocenters. The van der Waals surface area contributed by atoms with Gasteiger partial charge in [-0.15, -0.1) is 0 Å². The molecule has 24 heavy (non-hydrogen) atoms. The van der Waals surface area contributed by atoms with Crippen LogP contribution < -0.4 is 10.7 Å². The van der Waals surface area contributed by atoms with Crippen molar-refractivity contribution in [3.8, 4) is 6.07 Å². The van der Waals surface area contributed by atoms with Gasteiger partial charge in [0, 0.05) is 6.20 Å². The maximum Gasteiger partial charge on any atom is 0.350 e. The normalized spacial score (nSPS) is 20.4. The van der Waals surface area contributed by atoms with E-state index in [0.717, 1.165) is 6.20 Å². The van der Waals surface area contributed by atoms with Crippen molar-refractivity contribution in [1.82, 2.24) is 15.8 Å². The summed E-state index contributed by atoms with van der Waals surface area (Å²) in [5.74, 6) is -1.40. The molecule has 1 atom stereocenters. The fourth-order valence-corrected chi connectivity index (χ4v) is 2.20. The highest BCUT2D eigenvalue weighted by molar-refractivity contribution is 6.06. The minimum atomic E-state index is -1.24. The lowest BCUT2D eigenvalue weighted by atomic mass is 9.92. The summed E-state index contributed by atoms with van der Waals surface area (Å²) in [7, 11) is 0. The van der Waals surface area contributed by atoms with E-state index in [1.165, 1.54) is 0 Å². The Bertz CT molecular complexity index is 738. The summed E-state index contributed by atoms with van der Waals surface area (Å²) in [6, 6.07) is 9.70. The number of hydrogen-bond acceptors (Lipinski definition) is 6. The Morgan fingerprint density at radius 2 is 2.08 bits per heavy atom. The number of ether oxygens (including phenoxy) is 1. The number of imide groups is 1. The van der Waals surface area contributed by atoms with Gasteiger partial charge in [0.1, 0.15) is 11.6 Å². The molecule has 8 heteroatoms. The lowest BCUT2D eigenvalue weighted by Crippen LogP contribution is -2.43. The molecule has 0 aromatic heterocycles. The average Bonchev–Trinajstić information content (AvgIpc) is 2.80. The summed E-state index contributed by atoms with van der Waals surface area (Å²) in [4.78, 5) is 36.2. The lowest BCUT2D eigenvalue weighted by molar-refractivity contribution is -0.138. The number of nitrogens with zero attached hydrogens (tertiary/aromatic N) is 2. The molecule has 2 rings (SSSR count). The van der Waals surface area contributed by atoms with Gasteiger partial charge in [-0.1, -0.05) is 30.3 Å². The van der Waals surface area contributed by atoms with Crippen LogP contribution in [-0.4, -0.2) is 29.5 Å². The Morgan fingerprint density at radius 3 is 2.67 bits per heavy atom. The third kappa shape index (κ3) is 3.05. The maximum atomic E-state index is 12.6. The number of hydrazine groups is 1. The van der Waals surface area contributed by atoms with Crippen LogP contribution in [0.2, 0.25) is 0 Å². The van der Waals surface area contributed by atoms with Crippen molar-refractivity contribution in [2.45, 2.75) is 19.4 Å². The minimum absolute atomic E-state index is 0.104. The van der Waals surface area contributed by atoms with Crippen molar-refractivity contribution >= 4 is 17.9 Å². The predicted octanol–water partition coefficient (Wildman–Crippen LogP) is 0.929. The van der Waals surface area contributed by atoms with Crippen molar-refractivity contribution in [2.75, 3.05) is 6.61 Å². The van der Waals surface area contributed by atoms with E-state index in [1.54, 1.807) is 50.2 Å². The molecule has 1 aliphatic rings. The molecule has 1 aromatic rings. The molecule has 0 spiro atoms. The predicted molar refractivity (Wildman–Crippen MR) is 82.6 cm³/mol. The number of amides is 3. The van der Waals surface area contributed by atoms with Crippen molar-refractivity contribution in [2.24, 2.45) is 0 Å². The smallest absolute Gasteiger partial charge is 0.350 e. The Labute approximate surface area is 138 Å². The number of carbonyl (C=O) groups excluding carboxylic acids is 3. The number of nitrogens with one attached hydrogen (secondary N) is 2. The topological polar surface area (TPSA) is 112 Å². The first-order chi connectivity index (χ1) is 11.4. The second-order valence-corrected chi connectivity index (χ2v) is 5.08. The molecule has 0 aliphatic carbocycles. The van der Waals surface area contributed by atoms with E-state index < -0.39 is 23.4 Å². The van der Waals surface area contributed by atoms with E-state index in [0.29, 0.717) is 10.6 Å². The first kappa shape index (κ1) is 17.0. The second-order valence-electron chi connectivity index (χ2n) is 5.08. The van der Waals surface area contributed by atoms with Gasteiger partial charge in [-0.25, -0.2) is 9.59 Å². The summed E-state index contributed by atoms with van der Waals surface area (Å²) in [5.41, 5.74) is 1.40. The molecule has 0 bridgehead atoms. The summed E-state index contributed by atoms with van der Waals surface area (Å²) in [5, 5.41) is 12.2. The van der Waals surface area contributed by atoms with Crippen LogP contribution in [0, 0.1) is 11.3 Å².